The molecule has 1 aromatic heterocycles. The Morgan fingerprint density at radius 3 is 2.57 bits per heavy atom. The first-order chi connectivity index (χ1) is 14.6. The Labute approximate surface area is 182 Å². The number of likely N-dealkylation sites (N-methyl/N-ethyl adjacent to an activating group) is 1. The summed E-state index contributed by atoms with van der Waals surface area (Å²) in [5.41, 5.74) is 3.18. The van der Waals surface area contributed by atoms with Gasteiger partial charge in [0, 0.05) is 48.7 Å². The highest BCUT2D eigenvalue weighted by atomic mass is 35.5. The van der Waals surface area contributed by atoms with Gasteiger partial charge in [0.1, 0.15) is 0 Å². The van der Waals surface area contributed by atoms with E-state index in [1.165, 1.54) is 0 Å². The minimum absolute atomic E-state index is 0.0535. The van der Waals surface area contributed by atoms with E-state index < -0.39 is 0 Å². The zero-order valence-electron chi connectivity index (χ0n) is 17.3. The molecule has 3 aromatic rings. The van der Waals surface area contributed by atoms with E-state index in [9.17, 15) is 4.79 Å². The number of para-hydroxylation sites is 1. The number of pyridine rings is 1. The molecule has 2 aromatic carbocycles. The zero-order valence-corrected chi connectivity index (χ0v) is 18.0. The second kappa shape index (κ2) is 9.56. The number of hydrogen-bond acceptors (Lipinski definition) is 4. The highest BCUT2D eigenvalue weighted by Crippen LogP contribution is 2.26. The van der Waals surface area contributed by atoms with E-state index in [-0.39, 0.29) is 5.91 Å². The molecule has 1 saturated heterocycles. The molecule has 4 rings (SSSR count). The van der Waals surface area contributed by atoms with Crippen LogP contribution in [0.25, 0.3) is 22.2 Å². The summed E-state index contributed by atoms with van der Waals surface area (Å²) in [6.45, 7) is 6.11. The average molecular weight is 423 g/mol. The molecular weight excluding hydrogens is 396 g/mol. The van der Waals surface area contributed by atoms with E-state index >= 15 is 0 Å². The fraction of sp³-hybridized carbons (Fsp3) is 0.333. The lowest BCUT2D eigenvalue weighted by Crippen LogP contribution is -2.45. The van der Waals surface area contributed by atoms with Gasteiger partial charge in [-0.25, -0.2) is 4.98 Å². The van der Waals surface area contributed by atoms with Gasteiger partial charge >= 0.3 is 0 Å². The summed E-state index contributed by atoms with van der Waals surface area (Å²) in [5, 5.41) is 4.65. The lowest BCUT2D eigenvalue weighted by molar-refractivity contribution is 0.0951. The van der Waals surface area contributed by atoms with Gasteiger partial charge in [0.25, 0.3) is 5.91 Å². The van der Waals surface area contributed by atoms with Crippen LogP contribution >= 0.6 is 11.6 Å². The number of piperazine rings is 1. The molecule has 156 valence electrons. The van der Waals surface area contributed by atoms with Crippen molar-refractivity contribution in [2.45, 2.75) is 6.42 Å². The van der Waals surface area contributed by atoms with E-state index in [2.05, 4.69) is 22.2 Å². The predicted octanol–water partition coefficient (Wildman–Crippen LogP) is 3.92. The molecule has 5 nitrogen and oxygen atoms in total. The summed E-state index contributed by atoms with van der Waals surface area (Å²) < 4.78 is 0. The van der Waals surface area contributed by atoms with Gasteiger partial charge in [-0.2, -0.15) is 0 Å². The average Bonchev–Trinajstić information content (AvgIpc) is 2.77. The molecule has 0 radical (unpaired) electrons. The molecule has 0 unspecified atom stereocenters. The highest BCUT2D eigenvalue weighted by molar-refractivity contribution is 6.30. The van der Waals surface area contributed by atoms with Crippen molar-refractivity contribution in [3.8, 4) is 11.3 Å². The number of rotatable bonds is 6. The summed E-state index contributed by atoms with van der Waals surface area (Å²) in [5.74, 6) is -0.0535. The maximum atomic E-state index is 13.0. The largest absolute Gasteiger partial charge is 0.352 e. The minimum Gasteiger partial charge on any atom is -0.352 e. The smallest absolute Gasteiger partial charge is 0.252 e. The molecule has 30 heavy (non-hydrogen) atoms. The van der Waals surface area contributed by atoms with Crippen LogP contribution in [0.1, 0.15) is 16.8 Å². The molecule has 0 atom stereocenters. The number of nitrogens with one attached hydrogen (secondary N) is 1. The fourth-order valence-corrected chi connectivity index (χ4v) is 3.93. The van der Waals surface area contributed by atoms with E-state index in [0.717, 1.165) is 61.3 Å². The number of fused-ring (bicyclic) bond motifs is 1. The Morgan fingerprint density at radius 1 is 1.07 bits per heavy atom. The summed E-state index contributed by atoms with van der Waals surface area (Å²) >= 11 is 6.02. The summed E-state index contributed by atoms with van der Waals surface area (Å²) in [6, 6.07) is 17.2. The maximum Gasteiger partial charge on any atom is 0.252 e. The molecular formula is C24H27ClN4O. The standard InChI is InChI=1S/C24H27ClN4O/c1-28-13-15-29(16-14-28)12-4-11-26-24(30)21-17-23(18-7-9-19(25)10-8-18)27-22-6-3-2-5-20(21)22/h2-3,5-10,17H,4,11-16H2,1H3,(H,26,30). The van der Waals surface area contributed by atoms with Gasteiger partial charge in [0.2, 0.25) is 0 Å². The van der Waals surface area contributed by atoms with Crippen molar-refractivity contribution in [3.63, 3.8) is 0 Å². The first-order valence-electron chi connectivity index (χ1n) is 10.4. The molecule has 0 spiro atoms. The molecule has 1 N–H and O–H groups in total. The lowest BCUT2D eigenvalue weighted by atomic mass is 10.0. The molecule has 1 fully saturated rings. The van der Waals surface area contributed by atoms with Crippen molar-refractivity contribution in [3.05, 3.63) is 65.2 Å². The van der Waals surface area contributed by atoms with Crippen LogP contribution in [-0.2, 0) is 0 Å². The van der Waals surface area contributed by atoms with Crippen LogP contribution in [0, 0.1) is 0 Å². The van der Waals surface area contributed by atoms with Gasteiger partial charge in [0.05, 0.1) is 16.8 Å². The topological polar surface area (TPSA) is 48.5 Å². The van der Waals surface area contributed by atoms with Gasteiger partial charge in [-0.15, -0.1) is 0 Å². The van der Waals surface area contributed by atoms with Crippen LogP contribution in [0.5, 0.6) is 0 Å². The van der Waals surface area contributed by atoms with Crippen LogP contribution in [0.3, 0.4) is 0 Å². The van der Waals surface area contributed by atoms with Crippen LogP contribution in [0.2, 0.25) is 5.02 Å². The van der Waals surface area contributed by atoms with Crippen LogP contribution in [0.15, 0.2) is 54.6 Å². The number of hydrogen-bond donors (Lipinski definition) is 1. The summed E-state index contributed by atoms with van der Waals surface area (Å²) in [7, 11) is 2.16. The van der Waals surface area contributed by atoms with Gasteiger partial charge < -0.3 is 15.1 Å². The molecule has 0 saturated carbocycles. The Kier molecular flexibility index (Phi) is 6.62. The third-order valence-electron chi connectivity index (χ3n) is 5.63. The van der Waals surface area contributed by atoms with Crippen molar-refractivity contribution < 1.29 is 4.79 Å². The highest BCUT2D eigenvalue weighted by Gasteiger charge is 2.15. The monoisotopic (exact) mass is 422 g/mol. The quantitative estimate of drug-likeness (QED) is 0.611. The maximum absolute atomic E-state index is 13.0. The number of carbonyl (C=O) groups excluding carboxylic acids is 1. The number of halogens is 1. The van der Waals surface area contributed by atoms with Crippen molar-refractivity contribution in [1.82, 2.24) is 20.1 Å². The van der Waals surface area contributed by atoms with E-state index in [4.69, 9.17) is 16.6 Å². The summed E-state index contributed by atoms with van der Waals surface area (Å²) in [6.07, 6.45) is 0.947. The fourth-order valence-electron chi connectivity index (χ4n) is 3.80. The van der Waals surface area contributed by atoms with E-state index in [1.54, 1.807) is 0 Å². The number of nitrogens with zero attached hydrogens (tertiary/aromatic N) is 3. The molecule has 0 bridgehead atoms. The molecule has 2 heterocycles. The Morgan fingerprint density at radius 2 is 1.80 bits per heavy atom. The number of carbonyl (C=O) groups is 1. The zero-order chi connectivity index (χ0) is 20.9. The van der Waals surface area contributed by atoms with Gasteiger partial charge in [-0.1, -0.05) is 41.9 Å². The van der Waals surface area contributed by atoms with Gasteiger partial charge in [-0.3, -0.25) is 4.79 Å². The molecule has 6 heteroatoms. The first-order valence-corrected chi connectivity index (χ1v) is 10.8. The first kappa shape index (κ1) is 20.8. The Bertz CT molecular complexity index is 1010. The second-order valence-electron chi connectivity index (χ2n) is 7.83. The second-order valence-corrected chi connectivity index (χ2v) is 8.27. The van der Waals surface area contributed by atoms with Gasteiger partial charge in [-0.05, 0) is 44.3 Å². The van der Waals surface area contributed by atoms with E-state index in [0.29, 0.717) is 17.1 Å². The van der Waals surface area contributed by atoms with Crippen molar-refractivity contribution in [2.75, 3.05) is 46.3 Å². The Balaban J connectivity index is 1.46. The van der Waals surface area contributed by atoms with Gasteiger partial charge in [0.15, 0.2) is 0 Å². The molecule has 1 amide bonds. The number of amides is 1. The van der Waals surface area contributed by atoms with Crippen LogP contribution in [0.4, 0.5) is 0 Å². The number of benzene rings is 2. The molecule has 0 aliphatic carbocycles. The minimum atomic E-state index is -0.0535. The molecule has 1 aliphatic rings. The number of aromatic nitrogens is 1. The SMILES string of the molecule is CN1CCN(CCCNC(=O)c2cc(-c3ccc(Cl)cc3)nc3ccccc23)CC1. The third kappa shape index (κ3) is 4.98. The lowest BCUT2D eigenvalue weighted by Gasteiger charge is -2.32. The van der Waals surface area contributed by atoms with Crippen molar-refractivity contribution in [1.29, 1.82) is 0 Å². The summed E-state index contributed by atoms with van der Waals surface area (Å²) in [4.78, 5) is 22.6. The van der Waals surface area contributed by atoms with Crippen LogP contribution < -0.4 is 5.32 Å². The van der Waals surface area contributed by atoms with Crippen molar-refractivity contribution >= 4 is 28.4 Å². The molecule has 1 aliphatic heterocycles. The predicted molar refractivity (Wildman–Crippen MR) is 123 cm³/mol. The normalized spacial score (nSPS) is 15.4. The third-order valence-corrected chi connectivity index (χ3v) is 5.89. The Hall–Kier alpha value is -2.47. The van der Waals surface area contributed by atoms with Crippen molar-refractivity contribution in [2.24, 2.45) is 0 Å². The van der Waals surface area contributed by atoms with E-state index in [1.807, 2.05) is 54.6 Å². The van der Waals surface area contributed by atoms with Crippen LogP contribution in [-0.4, -0.2) is 67.0 Å².